The molecule has 8 nitrogen and oxygen atoms in total. The zero-order valence-corrected chi connectivity index (χ0v) is 18.2. The SMILES string of the molecule is CCCCn1c(O)c(C2=NN(C(=O)CC)[C@@H](c3ccccc3OC)C2)c(=O)[nH]c1=S. The molecule has 9 heteroatoms. The lowest BCUT2D eigenvalue weighted by molar-refractivity contribution is -0.132. The fraction of sp³-hybridized carbons (Fsp3) is 0.429. The molecule has 0 fully saturated rings. The highest BCUT2D eigenvalue weighted by atomic mass is 32.1. The van der Waals surface area contributed by atoms with Crippen molar-refractivity contribution in [3.8, 4) is 11.6 Å². The number of benzene rings is 1. The van der Waals surface area contributed by atoms with E-state index in [1.807, 2.05) is 31.2 Å². The minimum atomic E-state index is -0.520. The van der Waals surface area contributed by atoms with Crippen molar-refractivity contribution in [1.29, 1.82) is 0 Å². The first kappa shape index (κ1) is 21.8. The van der Waals surface area contributed by atoms with E-state index in [2.05, 4.69) is 10.1 Å². The molecule has 3 rings (SSSR count). The van der Waals surface area contributed by atoms with Crippen molar-refractivity contribution < 1.29 is 14.6 Å². The molecule has 2 aromatic rings. The number of para-hydroxylation sites is 1. The number of ether oxygens (including phenoxy) is 1. The van der Waals surface area contributed by atoms with Gasteiger partial charge in [0.05, 0.1) is 18.9 Å². The standard InChI is InChI=1S/C21H26N4O4S/c1-4-6-11-24-20(28)18(19(27)22-21(24)30)14-12-15(25(23-14)17(26)5-2)13-9-7-8-10-16(13)29-3/h7-10,15,28H,4-6,11-12H2,1-3H3,(H,22,27,30)/t15-/m1/s1. The molecule has 160 valence electrons. The Morgan fingerprint density at radius 2 is 2.10 bits per heavy atom. The van der Waals surface area contributed by atoms with Gasteiger partial charge >= 0.3 is 0 Å². The first-order valence-electron chi connectivity index (χ1n) is 10.0. The molecule has 1 aliphatic heterocycles. The fourth-order valence-corrected chi connectivity index (χ4v) is 3.85. The Balaban J connectivity index is 2.10. The second-order valence-electron chi connectivity index (χ2n) is 7.06. The van der Waals surface area contributed by atoms with E-state index >= 15 is 0 Å². The molecular formula is C21H26N4O4S. The Hall–Kier alpha value is -2.94. The van der Waals surface area contributed by atoms with Crippen LogP contribution in [0.25, 0.3) is 0 Å². The summed E-state index contributed by atoms with van der Waals surface area (Å²) in [5.41, 5.74) is 0.654. The minimum absolute atomic E-state index is 0.0472. The highest BCUT2D eigenvalue weighted by Gasteiger charge is 2.36. The van der Waals surface area contributed by atoms with Crippen molar-refractivity contribution in [3.05, 3.63) is 50.5 Å². The van der Waals surface area contributed by atoms with Crippen LogP contribution in [0.15, 0.2) is 34.2 Å². The van der Waals surface area contributed by atoms with E-state index in [0.717, 1.165) is 18.4 Å². The number of hydrogen-bond donors (Lipinski definition) is 2. The van der Waals surface area contributed by atoms with E-state index in [0.29, 0.717) is 18.0 Å². The van der Waals surface area contributed by atoms with Crippen LogP contribution in [0.5, 0.6) is 11.6 Å². The molecule has 1 aliphatic rings. The summed E-state index contributed by atoms with van der Waals surface area (Å²) in [5.74, 6) is 0.223. The summed E-state index contributed by atoms with van der Waals surface area (Å²) in [5, 5.41) is 16.7. The fourth-order valence-electron chi connectivity index (χ4n) is 3.58. The molecule has 1 amide bonds. The van der Waals surface area contributed by atoms with E-state index in [9.17, 15) is 14.7 Å². The van der Waals surface area contributed by atoms with Gasteiger partial charge in [0.25, 0.3) is 5.56 Å². The van der Waals surface area contributed by atoms with Crippen molar-refractivity contribution in [2.75, 3.05) is 7.11 Å². The molecule has 1 aromatic carbocycles. The van der Waals surface area contributed by atoms with Crippen molar-refractivity contribution >= 4 is 23.8 Å². The molecule has 2 heterocycles. The van der Waals surface area contributed by atoms with Gasteiger partial charge in [-0.25, -0.2) is 5.01 Å². The Bertz CT molecular complexity index is 1090. The van der Waals surface area contributed by atoms with Gasteiger partial charge in [-0.05, 0) is 24.7 Å². The number of nitrogens with one attached hydrogen (secondary N) is 1. The largest absolute Gasteiger partial charge is 0.496 e. The number of carbonyl (C=O) groups excluding carboxylic acids is 1. The molecule has 0 saturated heterocycles. The number of nitrogens with zero attached hydrogens (tertiary/aromatic N) is 3. The van der Waals surface area contributed by atoms with E-state index in [-0.39, 0.29) is 35.0 Å². The van der Waals surface area contributed by atoms with Gasteiger partial charge in [-0.15, -0.1) is 0 Å². The second-order valence-corrected chi connectivity index (χ2v) is 7.45. The third-order valence-corrected chi connectivity index (χ3v) is 5.48. The molecule has 30 heavy (non-hydrogen) atoms. The molecule has 0 radical (unpaired) electrons. The Morgan fingerprint density at radius 3 is 2.77 bits per heavy atom. The van der Waals surface area contributed by atoms with Gasteiger partial charge in [-0.2, -0.15) is 5.10 Å². The van der Waals surface area contributed by atoms with Gasteiger partial charge in [0, 0.05) is 24.9 Å². The molecule has 1 atom stereocenters. The molecule has 0 saturated carbocycles. The summed E-state index contributed by atoms with van der Waals surface area (Å²) >= 11 is 5.22. The number of carbonyl (C=O) groups is 1. The Kier molecular flexibility index (Phi) is 6.71. The average molecular weight is 431 g/mol. The number of aromatic nitrogens is 2. The summed E-state index contributed by atoms with van der Waals surface area (Å²) in [6, 6.07) is 6.96. The summed E-state index contributed by atoms with van der Waals surface area (Å²) in [4.78, 5) is 27.9. The summed E-state index contributed by atoms with van der Waals surface area (Å²) < 4.78 is 7.13. The van der Waals surface area contributed by atoms with Gasteiger partial charge in [0.15, 0.2) is 4.77 Å². The van der Waals surface area contributed by atoms with E-state index in [1.54, 1.807) is 14.0 Å². The number of amides is 1. The monoisotopic (exact) mass is 430 g/mol. The topological polar surface area (TPSA) is 99.9 Å². The van der Waals surface area contributed by atoms with Gasteiger partial charge in [-0.1, -0.05) is 38.5 Å². The predicted octanol–water partition coefficient (Wildman–Crippen LogP) is 3.51. The smallest absolute Gasteiger partial charge is 0.264 e. The highest BCUT2D eigenvalue weighted by molar-refractivity contribution is 7.71. The molecule has 0 aliphatic carbocycles. The second kappa shape index (κ2) is 9.25. The maximum absolute atomic E-state index is 12.7. The van der Waals surface area contributed by atoms with Crippen molar-refractivity contribution in [2.45, 2.75) is 52.1 Å². The van der Waals surface area contributed by atoms with Gasteiger partial charge < -0.3 is 9.84 Å². The van der Waals surface area contributed by atoms with Crippen LogP contribution < -0.4 is 10.3 Å². The molecule has 2 N–H and O–H groups in total. The number of unbranched alkanes of at least 4 members (excludes halogenated alkanes) is 1. The first-order valence-corrected chi connectivity index (χ1v) is 10.4. The Labute approximate surface area is 179 Å². The minimum Gasteiger partial charge on any atom is -0.496 e. The van der Waals surface area contributed by atoms with Crippen molar-refractivity contribution in [2.24, 2.45) is 5.10 Å². The van der Waals surface area contributed by atoms with Crippen LogP contribution in [0.3, 0.4) is 0 Å². The maximum atomic E-state index is 12.7. The number of aromatic amines is 1. The van der Waals surface area contributed by atoms with Crippen LogP contribution in [0, 0.1) is 4.77 Å². The van der Waals surface area contributed by atoms with Crippen molar-refractivity contribution in [3.63, 3.8) is 0 Å². The number of hydrazone groups is 1. The van der Waals surface area contributed by atoms with E-state index < -0.39 is 11.6 Å². The third-order valence-electron chi connectivity index (χ3n) is 5.16. The number of rotatable bonds is 7. The van der Waals surface area contributed by atoms with Crippen LogP contribution in [-0.2, 0) is 11.3 Å². The lowest BCUT2D eigenvalue weighted by Crippen LogP contribution is -2.26. The van der Waals surface area contributed by atoms with E-state index in [1.165, 1.54) is 9.58 Å². The lowest BCUT2D eigenvalue weighted by Gasteiger charge is -2.23. The summed E-state index contributed by atoms with van der Waals surface area (Å²) in [7, 11) is 1.57. The van der Waals surface area contributed by atoms with Crippen LogP contribution in [0.1, 0.15) is 56.7 Å². The average Bonchev–Trinajstić information content (AvgIpc) is 3.17. The van der Waals surface area contributed by atoms with Gasteiger partial charge in [0.2, 0.25) is 11.8 Å². The number of aromatic hydroxyl groups is 1. The summed E-state index contributed by atoms with van der Waals surface area (Å²) in [6.07, 6.45) is 2.23. The zero-order valence-electron chi connectivity index (χ0n) is 17.3. The quantitative estimate of drug-likeness (QED) is 0.655. The van der Waals surface area contributed by atoms with Gasteiger partial charge in [-0.3, -0.25) is 19.1 Å². The van der Waals surface area contributed by atoms with E-state index in [4.69, 9.17) is 17.0 Å². The third kappa shape index (κ3) is 4.02. The number of methoxy groups -OCH3 is 1. The van der Waals surface area contributed by atoms with Crippen LogP contribution in [0.2, 0.25) is 0 Å². The molecule has 0 unspecified atom stereocenters. The lowest BCUT2D eigenvalue weighted by atomic mass is 9.98. The molecule has 0 spiro atoms. The van der Waals surface area contributed by atoms with Crippen LogP contribution in [-0.4, -0.2) is 38.4 Å². The Morgan fingerprint density at radius 1 is 1.37 bits per heavy atom. The van der Waals surface area contributed by atoms with Crippen LogP contribution >= 0.6 is 12.2 Å². The zero-order chi connectivity index (χ0) is 21.8. The maximum Gasteiger partial charge on any atom is 0.264 e. The molecular weight excluding hydrogens is 404 g/mol. The van der Waals surface area contributed by atoms with Gasteiger partial charge in [0.1, 0.15) is 11.3 Å². The van der Waals surface area contributed by atoms with Crippen LogP contribution in [0.4, 0.5) is 0 Å². The molecule has 0 bridgehead atoms. The summed E-state index contributed by atoms with van der Waals surface area (Å²) in [6.45, 7) is 4.26. The normalized spacial score (nSPS) is 15.9. The van der Waals surface area contributed by atoms with Crippen molar-refractivity contribution in [1.82, 2.24) is 14.6 Å². The number of hydrogen-bond acceptors (Lipinski definition) is 6. The first-order chi connectivity index (χ1) is 14.4. The highest BCUT2D eigenvalue weighted by Crippen LogP contribution is 2.38. The molecule has 1 aromatic heterocycles. The predicted molar refractivity (Wildman–Crippen MR) is 116 cm³/mol. The number of H-pyrrole nitrogens is 1.